The van der Waals surface area contributed by atoms with Gasteiger partial charge in [0.1, 0.15) is 0 Å². The van der Waals surface area contributed by atoms with Crippen molar-refractivity contribution >= 4 is 0 Å². The predicted octanol–water partition coefficient (Wildman–Crippen LogP) is 6.84. The zero-order valence-electron chi connectivity index (χ0n) is 14.5. The Bertz CT molecular complexity index is 155. The smallest absolute Gasteiger partial charge is 0.0894 e. The van der Waals surface area contributed by atoms with Crippen LogP contribution in [0, 0.1) is 0 Å². The van der Waals surface area contributed by atoms with Crippen LogP contribution in [0.25, 0.3) is 0 Å². The Kier molecular flexibility index (Phi) is 19.8. The fourth-order valence-electron chi connectivity index (χ4n) is 2.67. The average Bonchev–Trinajstić information content (AvgIpc) is 2.50. The van der Waals surface area contributed by atoms with Crippen LogP contribution in [0.15, 0.2) is 0 Å². The highest BCUT2D eigenvalue weighted by molar-refractivity contribution is 4.49. The van der Waals surface area contributed by atoms with Crippen molar-refractivity contribution in [3.05, 3.63) is 0 Å². The molecule has 0 spiro atoms. The lowest BCUT2D eigenvalue weighted by atomic mass is 10.0. The SMILES string of the molecule is CCCOCCCCCCCCCCCCCCCCF. The van der Waals surface area contributed by atoms with Gasteiger partial charge in [-0.1, -0.05) is 84.0 Å². The van der Waals surface area contributed by atoms with Gasteiger partial charge in [-0.25, -0.2) is 0 Å². The van der Waals surface area contributed by atoms with Crippen LogP contribution in [0.4, 0.5) is 4.39 Å². The molecule has 21 heavy (non-hydrogen) atoms. The summed E-state index contributed by atoms with van der Waals surface area (Å²) in [6.45, 7) is 3.91. The van der Waals surface area contributed by atoms with Crippen molar-refractivity contribution in [3.63, 3.8) is 0 Å². The predicted molar refractivity (Wildman–Crippen MR) is 91.7 cm³/mol. The monoisotopic (exact) mass is 302 g/mol. The Morgan fingerprint density at radius 1 is 0.524 bits per heavy atom. The summed E-state index contributed by atoms with van der Waals surface area (Å²) in [4.78, 5) is 0. The Hall–Kier alpha value is -0.110. The minimum atomic E-state index is -0.133. The molecule has 0 heterocycles. The van der Waals surface area contributed by atoms with Crippen LogP contribution in [0.2, 0.25) is 0 Å². The zero-order chi connectivity index (χ0) is 15.4. The fourth-order valence-corrected chi connectivity index (χ4v) is 2.67. The number of unbranched alkanes of at least 4 members (excludes halogenated alkanes) is 13. The van der Waals surface area contributed by atoms with E-state index in [9.17, 15) is 4.39 Å². The van der Waals surface area contributed by atoms with Gasteiger partial charge >= 0.3 is 0 Å². The molecule has 0 aromatic carbocycles. The molecule has 0 amide bonds. The molecule has 0 fully saturated rings. The molecule has 0 saturated heterocycles. The maximum atomic E-state index is 11.9. The van der Waals surface area contributed by atoms with E-state index in [1.165, 1.54) is 77.0 Å². The summed E-state index contributed by atoms with van der Waals surface area (Å²) in [5.74, 6) is 0. The summed E-state index contributed by atoms with van der Waals surface area (Å²) in [5, 5.41) is 0. The Balaban J connectivity index is 2.90. The minimum absolute atomic E-state index is 0.133. The number of alkyl halides is 1. The molecule has 0 aliphatic rings. The third-order valence-corrected chi connectivity index (χ3v) is 4.02. The molecule has 128 valence electrons. The van der Waals surface area contributed by atoms with Gasteiger partial charge in [-0.3, -0.25) is 4.39 Å². The maximum Gasteiger partial charge on any atom is 0.0894 e. The molecule has 0 bridgehead atoms. The van der Waals surface area contributed by atoms with Gasteiger partial charge in [-0.05, 0) is 19.3 Å². The molecule has 0 radical (unpaired) electrons. The van der Waals surface area contributed by atoms with Crippen LogP contribution in [-0.4, -0.2) is 19.9 Å². The van der Waals surface area contributed by atoms with Crippen molar-refractivity contribution in [1.82, 2.24) is 0 Å². The molecule has 0 N–H and O–H groups in total. The topological polar surface area (TPSA) is 9.23 Å². The fraction of sp³-hybridized carbons (Fsp3) is 1.00. The molecule has 0 rings (SSSR count). The number of hydrogen-bond acceptors (Lipinski definition) is 1. The van der Waals surface area contributed by atoms with Gasteiger partial charge in [-0.2, -0.15) is 0 Å². The normalized spacial score (nSPS) is 11.1. The number of rotatable bonds is 18. The zero-order valence-corrected chi connectivity index (χ0v) is 14.5. The lowest BCUT2D eigenvalue weighted by molar-refractivity contribution is 0.130. The summed E-state index contributed by atoms with van der Waals surface area (Å²) in [6, 6.07) is 0. The van der Waals surface area contributed by atoms with Crippen molar-refractivity contribution in [2.24, 2.45) is 0 Å². The van der Waals surface area contributed by atoms with Crippen LogP contribution in [0.1, 0.15) is 103 Å². The van der Waals surface area contributed by atoms with E-state index in [1.807, 2.05) is 0 Å². The van der Waals surface area contributed by atoms with Crippen LogP contribution in [-0.2, 0) is 4.74 Å². The first-order valence-corrected chi connectivity index (χ1v) is 9.55. The van der Waals surface area contributed by atoms with Gasteiger partial charge in [-0.15, -0.1) is 0 Å². The van der Waals surface area contributed by atoms with Crippen molar-refractivity contribution < 1.29 is 9.13 Å². The maximum absolute atomic E-state index is 11.9. The number of hydrogen-bond donors (Lipinski definition) is 0. The average molecular weight is 303 g/mol. The molecule has 0 saturated carbocycles. The first-order chi connectivity index (χ1) is 10.4. The van der Waals surface area contributed by atoms with E-state index in [1.54, 1.807) is 0 Å². The van der Waals surface area contributed by atoms with E-state index in [4.69, 9.17) is 4.74 Å². The van der Waals surface area contributed by atoms with E-state index in [0.29, 0.717) is 0 Å². The van der Waals surface area contributed by atoms with E-state index < -0.39 is 0 Å². The lowest BCUT2D eigenvalue weighted by Crippen LogP contribution is -1.95. The quantitative estimate of drug-likeness (QED) is 0.252. The second-order valence-electron chi connectivity index (χ2n) is 6.25. The first-order valence-electron chi connectivity index (χ1n) is 9.55. The largest absolute Gasteiger partial charge is 0.381 e. The Morgan fingerprint density at radius 2 is 0.905 bits per heavy atom. The van der Waals surface area contributed by atoms with Gasteiger partial charge in [0.2, 0.25) is 0 Å². The van der Waals surface area contributed by atoms with Crippen molar-refractivity contribution in [1.29, 1.82) is 0 Å². The van der Waals surface area contributed by atoms with Crippen LogP contribution >= 0.6 is 0 Å². The van der Waals surface area contributed by atoms with Crippen molar-refractivity contribution in [2.45, 2.75) is 103 Å². The molecular formula is C19H39FO. The molecule has 0 aromatic rings. The molecule has 0 aliphatic carbocycles. The summed E-state index contributed by atoms with van der Waals surface area (Å²) in [5.41, 5.74) is 0. The van der Waals surface area contributed by atoms with Gasteiger partial charge in [0.05, 0.1) is 6.67 Å². The highest BCUT2D eigenvalue weighted by Gasteiger charge is 1.94. The molecule has 0 aromatic heterocycles. The molecule has 2 heteroatoms. The summed E-state index contributed by atoms with van der Waals surface area (Å²) >= 11 is 0. The van der Waals surface area contributed by atoms with Gasteiger partial charge in [0.25, 0.3) is 0 Å². The van der Waals surface area contributed by atoms with E-state index in [0.717, 1.165) is 32.5 Å². The molecular weight excluding hydrogens is 263 g/mol. The second-order valence-corrected chi connectivity index (χ2v) is 6.25. The van der Waals surface area contributed by atoms with E-state index >= 15 is 0 Å². The highest BCUT2D eigenvalue weighted by atomic mass is 19.1. The first kappa shape index (κ1) is 20.9. The van der Waals surface area contributed by atoms with E-state index in [2.05, 4.69) is 6.92 Å². The molecule has 0 atom stereocenters. The van der Waals surface area contributed by atoms with Crippen LogP contribution in [0.3, 0.4) is 0 Å². The summed E-state index contributed by atoms with van der Waals surface area (Å²) in [7, 11) is 0. The Morgan fingerprint density at radius 3 is 1.29 bits per heavy atom. The minimum Gasteiger partial charge on any atom is -0.381 e. The lowest BCUT2D eigenvalue weighted by Gasteiger charge is -2.04. The standard InChI is InChI=1S/C19H39FO/c1-2-18-21-19-16-14-12-10-8-6-4-3-5-7-9-11-13-15-17-20/h2-19H2,1H3. The summed E-state index contributed by atoms with van der Waals surface area (Å²) in [6.07, 6.45) is 19.2. The third kappa shape index (κ3) is 19.9. The molecule has 0 unspecified atom stereocenters. The number of ether oxygens (including phenoxy) is 1. The van der Waals surface area contributed by atoms with Gasteiger partial charge in [0.15, 0.2) is 0 Å². The highest BCUT2D eigenvalue weighted by Crippen LogP contribution is 2.13. The summed E-state index contributed by atoms with van der Waals surface area (Å²) < 4.78 is 17.4. The van der Waals surface area contributed by atoms with Crippen molar-refractivity contribution in [3.8, 4) is 0 Å². The second kappa shape index (κ2) is 19.9. The molecule has 0 aliphatic heterocycles. The van der Waals surface area contributed by atoms with Gasteiger partial charge < -0.3 is 4.74 Å². The van der Waals surface area contributed by atoms with Crippen molar-refractivity contribution in [2.75, 3.05) is 19.9 Å². The molecule has 1 nitrogen and oxygen atoms in total. The third-order valence-electron chi connectivity index (χ3n) is 4.02. The number of halogens is 1. The Labute approximate surface area is 133 Å². The van der Waals surface area contributed by atoms with Gasteiger partial charge in [0, 0.05) is 13.2 Å². The van der Waals surface area contributed by atoms with Crippen LogP contribution < -0.4 is 0 Å². The van der Waals surface area contributed by atoms with E-state index in [-0.39, 0.29) is 6.67 Å². The van der Waals surface area contributed by atoms with Crippen LogP contribution in [0.5, 0.6) is 0 Å².